The summed E-state index contributed by atoms with van der Waals surface area (Å²) < 4.78 is 0. The minimum Gasteiger partial charge on any atom is -0.347 e. The minimum absolute atomic E-state index is 0.121. The Balaban J connectivity index is 1.21. The number of thiophene rings is 1. The maximum atomic E-state index is 12.9. The highest BCUT2D eigenvalue weighted by molar-refractivity contribution is 7.10. The second-order valence-electron chi connectivity index (χ2n) is 8.88. The second kappa shape index (κ2) is 9.88. The van der Waals surface area contributed by atoms with Crippen LogP contribution in [-0.4, -0.2) is 21.8 Å². The summed E-state index contributed by atoms with van der Waals surface area (Å²) in [5, 5.41) is 15.8. The third-order valence-electron chi connectivity index (χ3n) is 6.12. The van der Waals surface area contributed by atoms with Gasteiger partial charge >= 0.3 is 0 Å². The van der Waals surface area contributed by atoms with E-state index in [-0.39, 0.29) is 35.4 Å². The van der Waals surface area contributed by atoms with Crippen molar-refractivity contribution >= 4 is 23.2 Å². The molecule has 35 heavy (non-hydrogen) atoms. The quantitative estimate of drug-likeness (QED) is 0.401. The molecule has 10 nitrogen and oxygen atoms in total. The molecule has 0 saturated carbocycles. The van der Waals surface area contributed by atoms with Crippen molar-refractivity contribution in [1.82, 2.24) is 31.6 Å². The number of carbonyl (C=O) groups is 2. The molecule has 2 aromatic heterocycles. The first-order valence-electron chi connectivity index (χ1n) is 11.5. The molecule has 1 aliphatic carbocycles. The van der Waals surface area contributed by atoms with E-state index in [1.54, 1.807) is 11.3 Å². The molecule has 0 saturated heterocycles. The molecule has 0 radical (unpaired) electrons. The standard InChI is InChI=1S/C24H26N8O2S/c1-13(2)21-7-14(11-35-21)10-25-23(33)19-9-20(27-12-26-19)24(34)28-18-6-4-15-8-16(3-5-17(15)18)22-29-31-32-30-22/h3,5,7-9,11-13,18,22H,4,6,10H2,1-2H3,(H,25,33)(H,28,34)(H,29,32)(H,30,31)/t18-/m0/s1. The van der Waals surface area contributed by atoms with E-state index in [2.05, 4.69) is 67.9 Å². The van der Waals surface area contributed by atoms with Gasteiger partial charge in [-0.15, -0.1) is 16.5 Å². The summed E-state index contributed by atoms with van der Waals surface area (Å²) in [5.41, 5.74) is 10.2. The predicted octanol–water partition coefficient (Wildman–Crippen LogP) is 3.48. The van der Waals surface area contributed by atoms with Crippen molar-refractivity contribution in [2.75, 3.05) is 0 Å². The van der Waals surface area contributed by atoms with Crippen molar-refractivity contribution < 1.29 is 9.59 Å². The fourth-order valence-corrected chi connectivity index (χ4v) is 5.14. The zero-order chi connectivity index (χ0) is 24.4. The summed E-state index contributed by atoms with van der Waals surface area (Å²) in [6.45, 7) is 4.69. The molecule has 0 spiro atoms. The zero-order valence-corrected chi connectivity index (χ0v) is 20.2. The first kappa shape index (κ1) is 23.1. The Labute approximate surface area is 206 Å². The lowest BCUT2D eigenvalue weighted by Gasteiger charge is -2.15. The van der Waals surface area contributed by atoms with Crippen LogP contribution in [0.4, 0.5) is 0 Å². The summed E-state index contributed by atoms with van der Waals surface area (Å²) >= 11 is 1.68. The van der Waals surface area contributed by atoms with Crippen LogP contribution in [0.25, 0.3) is 0 Å². The number of hydrazine groups is 1. The van der Waals surface area contributed by atoms with Crippen LogP contribution in [0.1, 0.15) is 86.5 Å². The normalized spacial score (nSPS) is 18.4. The molecule has 11 heteroatoms. The van der Waals surface area contributed by atoms with Crippen molar-refractivity contribution in [3.8, 4) is 0 Å². The number of fused-ring (bicyclic) bond motifs is 1. The number of amides is 2. The van der Waals surface area contributed by atoms with Gasteiger partial charge in [-0.2, -0.15) is 5.43 Å². The van der Waals surface area contributed by atoms with Gasteiger partial charge in [0.1, 0.15) is 17.7 Å². The van der Waals surface area contributed by atoms with Gasteiger partial charge in [-0.3, -0.25) is 9.59 Å². The average molecular weight is 491 g/mol. The van der Waals surface area contributed by atoms with Crippen molar-refractivity contribution in [2.45, 2.75) is 51.4 Å². The van der Waals surface area contributed by atoms with E-state index >= 15 is 0 Å². The Morgan fingerprint density at radius 2 is 1.97 bits per heavy atom. The van der Waals surface area contributed by atoms with Crippen LogP contribution in [0.2, 0.25) is 0 Å². The first-order chi connectivity index (χ1) is 17.0. The van der Waals surface area contributed by atoms with E-state index in [1.165, 1.54) is 22.8 Å². The largest absolute Gasteiger partial charge is 0.347 e. The lowest BCUT2D eigenvalue weighted by Crippen LogP contribution is -2.29. The lowest BCUT2D eigenvalue weighted by molar-refractivity contribution is 0.0931. The van der Waals surface area contributed by atoms with Gasteiger partial charge in [-0.1, -0.05) is 37.3 Å². The van der Waals surface area contributed by atoms with Crippen LogP contribution in [0, 0.1) is 0 Å². The van der Waals surface area contributed by atoms with E-state index < -0.39 is 0 Å². The monoisotopic (exact) mass is 490 g/mol. The van der Waals surface area contributed by atoms with E-state index in [4.69, 9.17) is 0 Å². The molecule has 3 heterocycles. The van der Waals surface area contributed by atoms with Crippen LogP contribution < -0.4 is 21.6 Å². The zero-order valence-electron chi connectivity index (χ0n) is 19.4. The molecule has 180 valence electrons. The fraction of sp³-hybridized carbons (Fsp3) is 0.333. The molecular formula is C24H26N8O2S. The number of rotatable bonds is 7. The molecule has 5 rings (SSSR count). The number of carbonyl (C=O) groups excluding carboxylic acids is 2. The molecular weight excluding hydrogens is 464 g/mol. The Hall–Kier alpha value is -3.70. The molecule has 1 aliphatic heterocycles. The summed E-state index contributed by atoms with van der Waals surface area (Å²) in [7, 11) is 0. The van der Waals surface area contributed by atoms with Crippen molar-refractivity contribution in [3.05, 3.63) is 80.6 Å². The van der Waals surface area contributed by atoms with E-state index in [1.807, 2.05) is 17.5 Å². The number of hydrogen-bond donors (Lipinski definition) is 4. The van der Waals surface area contributed by atoms with Crippen LogP contribution in [-0.2, 0) is 13.0 Å². The highest BCUT2D eigenvalue weighted by atomic mass is 32.1. The van der Waals surface area contributed by atoms with Crippen molar-refractivity contribution in [1.29, 1.82) is 0 Å². The number of nitrogens with zero attached hydrogens (tertiary/aromatic N) is 4. The molecule has 1 aromatic carbocycles. The van der Waals surface area contributed by atoms with Gasteiger partial charge in [0.05, 0.1) is 6.04 Å². The third-order valence-corrected chi connectivity index (χ3v) is 7.40. The maximum Gasteiger partial charge on any atom is 0.270 e. The van der Waals surface area contributed by atoms with Crippen LogP contribution >= 0.6 is 11.3 Å². The van der Waals surface area contributed by atoms with Crippen LogP contribution in [0.15, 0.2) is 52.4 Å². The third kappa shape index (κ3) is 5.05. The van der Waals surface area contributed by atoms with E-state index in [9.17, 15) is 9.59 Å². The Morgan fingerprint density at radius 1 is 1.14 bits per heavy atom. The molecule has 2 amide bonds. The topological polar surface area (TPSA) is 133 Å². The number of aryl methyl sites for hydroxylation is 1. The van der Waals surface area contributed by atoms with Crippen LogP contribution in [0.3, 0.4) is 0 Å². The highest BCUT2D eigenvalue weighted by Gasteiger charge is 2.27. The first-order valence-corrected chi connectivity index (χ1v) is 12.4. The maximum absolute atomic E-state index is 12.9. The Morgan fingerprint density at radius 3 is 2.71 bits per heavy atom. The van der Waals surface area contributed by atoms with Crippen LogP contribution in [0.5, 0.6) is 0 Å². The summed E-state index contributed by atoms with van der Waals surface area (Å²) in [6.07, 6.45) is 2.68. The minimum atomic E-state index is -0.343. The van der Waals surface area contributed by atoms with Gasteiger partial charge in [-0.25, -0.2) is 15.5 Å². The Bertz CT molecular complexity index is 1290. The molecule has 0 bridgehead atoms. The van der Waals surface area contributed by atoms with Crippen molar-refractivity contribution in [2.24, 2.45) is 10.3 Å². The molecule has 4 N–H and O–H groups in total. The number of hydrogen-bond acceptors (Lipinski definition) is 9. The van der Waals surface area contributed by atoms with E-state index in [0.29, 0.717) is 12.5 Å². The molecule has 0 fully saturated rings. The van der Waals surface area contributed by atoms with Crippen molar-refractivity contribution in [3.63, 3.8) is 0 Å². The SMILES string of the molecule is CC(C)c1cc(CNC(=O)c2cc(C(=O)N[C@H]3CCc4cc(C5N=NNN5)ccc43)ncn2)cs1. The predicted molar refractivity (Wildman–Crippen MR) is 130 cm³/mol. The smallest absolute Gasteiger partial charge is 0.270 e. The average Bonchev–Trinajstić information content (AvgIpc) is 3.64. The summed E-state index contributed by atoms with van der Waals surface area (Å²) in [4.78, 5) is 35.0. The highest BCUT2D eigenvalue weighted by Crippen LogP contribution is 2.33. The van der Waals surface area contributed by atoms with Gasteiger partial charge in [0.15, 0.2) is 6.17 Å². The summed E-state index contributed by atoms with van der Waals surface area (Å²) in [6, 6.07) is 9.51. The number of aromatic nitrogens is 2. The molecule has 2 atom stereocenters. The van der Waals surface area contributed by atoms with Gasteiger partial charge in [-0.05, 0) is 52.5 Å². The fourth-order valence-electron chi connectivity index (χ4n) is 4.21. The second-order valence-corrected chi connectivity index (χ2v) is 9.82. The van der Waals surface area contributed by atoms with Gasteiger partial charge in [0.2, 0.25) is 0 Å². The number of benzene rings is 1. The molecule has 1 unspecified atom stereocenters. The number of nitrogens with one attached hydrogen (secondary N) is 4. The van der Waals surface area contributed by atoms with Gasteiger partial charge in [0, 0.05) is 17.5 Å². The van der Waals surface area contributed by atoms with E-state index in [0.717, 1.165) is 29.5 Å². The summed E-state index contributed by atoms with van der Waals surface area (Å²) in [5.74, 6) is -0.225. The van der Waals surface area contributed by atoms with Gasteiger partial charge < -0.3 is 10.6 Å². The lowest BCUT2D eigenvalue weighted by atomic mass is 10.0. The Kier molecular flexibility index (Phi) is 6.51. The molecule has 2 aliphatic rings. The van der Waals surface area contributed by atoms with Gasteiger partial charge in [0.25, 0.3) is 11.8 Å². The molecule has 3 aromatic rings.